The van der Waals surface area contributed by atoms with Gasteiger partial charge in [0, 0.05) is 29.3 Å². The van der Waals surface area contributed by atoms with Crippen LogP contribution in [0.5, 0.6) is 0 Å². The van der Waals surface area contributed by atoms with Crippen LogP contribution in [0.3, 0.4) is 0 Å². The third kappa shape index (κ3) is 2.76. The molecule has 0 fully saturated rings. The van der Waals surface area contributed by atoms with Gasteiger partial charge in [0.25, 0.3) is 0 Å². The Morgan fingerprint density at radius 1 is 1.28 bits per heavy atom. The average molecular weight is 243 g/mol. The molecule has 0 aliphatic carbocycles. The SMILES string of the molecule is Nc1ccc(C(=O)OCc2cccnc2)c(N)c1. The van der Waals surface area contributed by atoms with Crippen molar-refractivity contribution in [2.24, 2.45) is 0 Å². The molecule has 0 saturated carbocycles. The predicted molar refractivity (Wildman–Crippen MR) is 68.6 cm³/mol. The standard InChI is InChI=1S/C13H13N3O2/c14-10-3-4-11(12(15)6-10)13(17)18-8-9-2-1-5-16-7-9/h1-7H,8,14-15H2. The summed E-state index contributed by atoms with van der Waals surface area (Å²) in [5, 5.41) is 0. The van der Waals surface area contributed by atoms with Gasteiger partial charge in [-0.3, -0.25) is 4.98 Å². The predicted octanol–water partition coefficient (Wildman–Crippen LogP) is 1.60. The molecule has 0 unspecified atom stereocenters. The summed E-state index contributed by atoms with van der Waals surface area (Å²) in [7, 11) is 0. The molecule has 18 heavy (non-hydrogen) atoms. The number of hydrogen-bond donors (Lipinski definition) is 2. The Hall–Kier alpha value is -2.56. The Balaban J connectivity index is 2.04. The number of carbonyl (C=O) groups is 1. The van der Waals surface area contributed by atoms with Gasteiger partial charge < -0.3 is 16.2 Å². The molecule has 0 radical (unpaired) electrons. The van der Waals surface area contributed by atoms with Crippen LogP contribution in [0.1, 0.15) is 15.9 Å². The minimum Gasteiger partial charge on any atom is -0.457 e. The van der Waals surface area contributed by atoms with Gasteiger partial charge in [-0.15, -0.1) is 0 Å². The number of nitrogens with zero attached hydrogens (tertiary/aromatic N) is 1. The van der Waals surface area contributed by atoms with Crippen molar-refractivity contribution in [3.05, 3.63) is 53.9 Å². The third-order valence-corrected chi connectivity index (χ3v) is 2.39. The molecule has 0 saturated heterocycles. The normalized spacial score (nSPS) is 10.0. The number of nitrogen functional groups attached to an aromatic ring is 2. The number of benzene rings is 1. The van der Waals surface area contributed by atoms with Crippen molar-refractivity contribution >= 4 is 17.3 Å². The average Bonchev–Trinajstić information content (AvgIpc) is 2.37. The number of carbonyl (C=O) groups excluding carboxylic acids is 1. The number of aromatic nitrogens is 1. The van der Waals surface area contributed by atoms with Gasteiger partial charge in [-0.05, 0) is 24.3 Å². The van der Waals surface area contributed by atoms with E-state index in [4.69, 9.17) is 16.2 Å². The van der Waals surface area contributed by atoms with E-state index in [2.05, 4.69) is 4.98 Å². The maximum absolute atomic E-state index is 11.8. The third-order valence-electron chi connectivity index (χ3n) is 2.39. The first-order chi connectivity index (χ1) is 8.66. The summed E-state index contributed by atoms with van der Waals surface area (Å²) >= 11 is 0. The van der Waals surface area contributed by atoms with E-state index < -0.39 is 5.97 Å². The Morgan fingerprint density at radius 2 is 2.11 bits per heavy atom. The summed E-state index contributed by atoms with van der Waals surface area (Å²) in [6, 6.07) is 8.29. The van der Waals surface area contributed by atoms with Crippen LogP contribution in [0.2, 0.25) is 0 Å². The van der Waals surface area contributed by atoms with Crippen LogP contribution >= 0.6 is 0 Å². The van der Waals surface area contributed by atoms with E-state index in [1.54, 1.807) is 30.6 Å². The molecule has 0 atom stereocenters. The van der Waals surface area contributed by atoms with E-state index in [1.807, 2.05) is 6.07 Å². The summed E-state index contributed by atoms with van der Waals surface area (Å²) in [5.41, 5.74) is 13.2. The van der Waals surface area contributed by atoms with Gasteiger partial charge in [0.15, 0.2) is 0 Å². The molecular formula is C13H13N3O2. The topological polar surface area (TPSA) is 91.2 Å². The zero-order valence-electron chi connectivity index (χ0n) is 9.67. The number of rotatable bonds is 3. The Bertz CT molecular complexity index is 555. The summed E-state index contributed by atoms with van der Waals surface area (Å²) in [4.78, 5) is 15.7. The molecule has 0 amide bonds. The lowest BCUT2D eigenvalue weighted by molar-refractivity contribution is 0.0473. The van der Waals surface area contributed by atoms with E-state index in [0.29, 0.717) is 16.9 Å². The van der Waals surface area contributed by atoms with Crippen LogP contribution in [0.4, 0.5) is 11.4 Å². The molecule has 2 rings (SSSR count). The lowest BCUT2D eigenvalue weighted by Gasteiger charge is -2.07. The minimum absolute atomic E-state index is 0.163. The Morgan fingerprint density at radius 3 is 2.78 bits per heavy atom. The molecule has 0 aliphatic rings. The Labute approximate surface area is 104 Å². The largest absolute Gasteiger partial charge is 0.457 e. The van der Waals surface area contributed by atoms with Crippen LogP contribution < -0.4 is 11.5 Å². The first kappa shape index (κ1) is 11.9. The van der Waals surface area contributed by atoms with Crippen LogP contribution in [-0.4, -0.2) is 11.0 Å². The van der Waals surface area contributed by atoms with Gasteiger partial charge in [-0.2, -0.15) is 0 Å². The second-order valence-electron chi connectivity index (χ2n) is 3.78. The Kier molecular flexibility index (Phi) is 3.43. The van der Waals surface area contributed by atoms with E-state index >= 15 is 0 Å². The molecule has 5 heteroatoms. The fourth-order valence-electron chi connectivity index (χ4n) is 1.48. The van der Waals surface area contributed by atoms with Crippen LogP contribution in [0.15, 0.2) is 42.7 Å². The lowest BCUT2D eigenvalue weighted by atomic mass is 10.1. The van der Waals surface area contributed by atoms with Gasteiger partial charge >= 0.3 is 5.97 Å². The van der Waals surface area contributed by atoms with Gasteiger partial charge in [-0.1, -0.05) is 6.07 Å². The molecular weight excluding hydrogens is 230 g/mol. The van der Waals surface area contributed by atoms with Crippen molar-refractivity contribution in [2.75, 3.05) is 11.5 Å². The van der Waals surface area contributed by atoms with Crippen molar-refractivity contribution in [2.45, 2.75) is 6.61 Å². The maximum Gasteiger partial charge on any atom is 0.340 e. The summed E-state index contributed by atoms with van der Waals surface area (Å²) in [5.74, 6) is -0.476. The van der Waals surface area contributed by atoms with E-state index in [0.717, 1.165) is 5.56 Å². The quantitative estimate of drug-likeness (QED) is 0.631. The lowest BCUT2D eigenvalue weighted by Crippen LogP contribution is -2.08. The molecule has 0 bridgehead atoms. The first-order valence-electron chi connectivity index (χ1n) is 5.38. The zero-order chi connectivity index (χ0) is 13.0. The fourth-order valence-corrected chi connectivity index (χ4v) is 1.48. The summed E-state index contributed by atoms with van der Waals surface area (Å²) in [6.45, 7) is 0.163. The number of pyridine rings is 1. The molecule has 2 aromatic rings. The number of hydrogen-bond acceptors (Lipinski definition) is 5. The number of anilines is 2. The highest BCUT2D eigenvalue weighted by molar-refractivity contribution is 5.95. The molecule has 1 heterocycles. The second kappa shape index (κ2) is 5.18. The highest BCUT2D eigenvalue weighted by Crippen LogP contribution is 2.17. The van der Waals surface area contributed by atoms with Crippen molar-refractivity contribution in [3.8, 4) is 0 Å². The van der Waals surface area contributed by atoms with Gasteiger partial charge in [0.2, 0.25) is 0 Å². The molecule has 1 aromatic heterocycles. The molecule has 5 nitrogen and oxygen atoms in total. The number of nitrogens with two attached hydrogens (primary N) is 2. The highest BCUT2D eigenvalue weighted by Gasteiger charge is 2.11. The van der Waals surface area contributed by atoms with Crippen LogP contribution in [0.25, 0.3) is 0 Å². The monoisotopic (exact) mass is 243 g/mol. The molecule has 0 spiro atoms. The summed E-state index contributed by atoms with van der Waals surface area (Å²) < 4.78 is 5.14. The number of esters is 1. The van der Waals surface area contributed by atoms with Crippen LogP contribution in [-0.2, 0) is 11.3 Å². The van der Waals surface area contributed by atoms with Crippen molar-refractivity contribution in [3.63, 3.8) is 0 Å². The van der Waals surface area contributed by atoms with Crippen molar-refractivity contribution in [1.82, 2.24) is 4.98 Å². The van der Waals surface area contributed by atoms with E-state index in [9.17, 15) is 4.79 Å². The zero-order valence-corrected chi connectivity index (χ0v) is 9.67. The highest BCUT2D eigenvalue weighted by atomic mass is 16.5. The van der Waals surface area contributed by atoms with E-state index in [1.165, 1.54) is 6.07 Å². The van der Waals surface area contributed by atoms with Gasteiger partial charge in [0.1, 0.15) is 6.61 Å². The van der Waals surface area contributed by atoms with E-state index in [-0.39, 0.29) is 6.61 Å². The van der Waals surface area contributed by atoms with Crippen molar-refractivity contribution < 1.29 is 9.53 Å². The number of ether oxygens (including phenoxy) is 1. The molecule has 92 valence electrons. The molecule has 4 N–H and O–H groups in total. The maximum atomic E-state index is 11.8. The minimum atomic E-state index is -0.476. The van der Waals surface area contributed by atoms with Crippen LogP contribution in [0, 0.1) is 0 Å². The first-order valence-corrected chi connectivity index (χ1v) is 5.38. The van der Waals surface area contributed by atoms with Crippen molar-refractivity contribution in [1.29, 1.82) is 0 Å². The smallest absolute Gasteiger partial charge is 0.340 e. The molecule has 1 aromatic carbocycles. The molecule has 0 aliphatic heterocycles. The van der Waals surface area contributed by atoms with Gasteiger partial charge in [-0.25, -0.2) is 4.79 Å². The summed E-state index contributed by atoms with van der Waals surface area (Å²) in [6.07, 6.45) is 3.29. The fraction of sp³-hybridized carbons (Fsp3) is 0.0769. The second-order valence-corrected chi connectivity index (χ2v) is 3.78. The van der Waals surface area contributed by atoms with Gasteiger partial charge in [0.05, 0.1) is 5.56 Å².